The molecule has 2 aromatic rings. The smallest absolute Gasteiger partial charge is 0.251 e. The van der Waals surface area contributed by atoms with Gasteiger partial charge in [-0.3, -0.25) is 4.79 Å². The van der Waals surface area contributed by atoms with E-state index < -0.39 is 0 Å². The molecule has 1 atom stereocenters. The Labute approximate surface area is 173 Å². The van der Waals surface area contributed by atoms with Crippen molar-refractivity contribution in [3.8, 4) is 5.75 Å². The second-order valence-corrected chi connectivity index (χ2v) is 8.08. The van der Waals surface area contributed by atoms with Crippen molar-refractivity contribution in [1.29, 1.82) is 0 Å². The van der Waals surface area contributed by atoms with Crippen LogP contribution < -0.4 is 15.0 Å². The molecule has 2 aromatic carbocycles. The van der Waals surface area contributed by atoms with Crippen molar-refractivity contribution in [2.75, 3.05) is 44.7 Å². The molecule has 29 heavy (non-hydrogen) atoms. The number of anilines is 1. The van der Waals surface area contributed by atoms with Crippen molar-refractivity contribution in [2.45, 2.75) is 32.2 Å². The highest BCUT2D eigenvalue weighted by Gasteiger charge is 2.25. The third-order valence-corrected chi connectivity index (χ3v) is 6.07. The molecule has 0 unspecified atom stereocenters. The van der Waals surface area contributed by atoms with Gasteiger partial charge in [-0.15, -0.1) is 0 Å². The predicted molar refractivity (Wildman–Crippen MR) is 117 cm³/mol. The quantitative estimate of drug-likeness (QED) is 0.848. The number of aryl methyl sites for hydroxylation is 1. The van der Waals surface area contributed by atoms with E-state index >= 15 is 0 Å². The number of piperazine rings is 1. The van der Waals surface area contributed by atoms with Crippen LogP contribution in [0, 0.1) is 0 Å². The lowest BCUT2D eigenvalue weighted by atomic mass is 9.86. The van der Waals surface area contributed by atoms with Crippen LogP contribution in [0.25, 0.3) is 0 Å². The fourth-order valence-corrected chi connectivity index (χ4v) is 4.37. The molecule has 0 radical (unpaired) electrons. The summed E-state index contributed by atoms with van der Waals surface area (Å²) >= 11 is 0. The monoisotopic (exact) mass is 393 g/mol. The first kappa shape index (κ1) is 19.8. The number of rotatable bonds is 5. The first-order chi connectivity index (χ1) is 14.1. The first-order valence-corrected chi connectivity index (χ1v) is 10.7. The van der Waals surface area contributed by atoms with E-state index in [1.165, 1.54) is 16.8 Å². The van der Waals surface area contributed by atoms with Crippen LogP contribution >= 0.6 is 0 Å². The first-order valence-electron chi connectivity index (χ1n) is 10.7. The summed E-state index contributed by atoms with van der Waals surface area (Å²) in [5.74, 6) is 0.797. The molecule has 1 heterocycles. The van der Waals surface area contributed by atoms with Gasteiger partial charge < -0.3 is 19.9 Å². The van der Waals surface area contributed by atoms with Gasteiger partial charge in [0, 0.05) is 43.5 Å². The Bertz CT molecular complexity index is 842. The lowest BCUT2D eigenvalue weighted by molar-refractivity contribution is 0.0933. The topological polar surface area (TPSA) is 44.8 Å². The molecule has 0 saturated carbocycles. The molecule has 1 aliphatic carbocycles. The van der Waals surface area contributed by atoms with Crippen molar-refractivity contribution in [3.05, 3.63) is 59.2 Å². The van der Waals surface area contributed by atoms with E-state index in [1.807, 2.05) is 31.2 Å². The lowest BCUT2D eigenvalue weighted by Gasteiger charge is -2.37. The predicted octanol–water partition coefficient (Wildman–Crippen LogP) is 3.12. The molecule has 4 rings (SSSR count). The molecule has 2 aliphatic rings. The maximum absolute atomic E-state index is 12.7. The molecule has 0 aromatic heterocycles. The SMILES string of the molecule is CCOc1ccc(C(=O)N[C@@H]2CCc3cccc(N4CCN(C)CC4)c3C2)cc1. The molecule has 0 bridgehead atoms. The molecule has 1 aliphatic heterocycles. The number of amides is 1. The van der Waals surface area contributed by atoms with E-state index in [0.717, 1.165) is 51.2 Å². The van der Waals surface area contributed by atoms with E-state index in [4.69, 9.17) is 4.74 Å². The maximum atomic E-state index is 12.7. The standard InChI is InChI=1S/C24H31N3O2/c1-3-29-21-11-8-19(9-12-21)24(28)25-20-10-7-18-5-4-6-23(22(18)17-20)27-15-13-26(2)14-16-27/h4-6,8-9,11-12,20H,3,7,10,13-17H2,1-2H3,(H,25,28)/t20-/m1/s1. The van der Waals surface area contributed by atoms with Crippen LogP contribution in [-0.2, 0) is 12.8 Å². The summed E-state index contributed by atoms with van der Waals surface area (Å²) in [4.78, 5) is 17.6. The largest absolute Gasteiger partial charge is 0.494 e. The fraction of sp³-hybridized carbons (Fsp3) is 0.458. The molecule has 1 fully saturated rings. The molecule has 5 heteroatoms. The number of ether oxygens (including phenoxy) is 1. The van der Waals surface area contributed by atoms with Crippen LogP contribution in [0.3, 0.4) is 0 Å². The van der Waals surface area contributed by atoms with Gasteiger partial charge in [-0.2, -0.15) is 0 Å². The normalized spacial score (nSPS) is 19.5. The number of hydrogen-bond acceptors (Lipinski definition) is 4. The minimum absolute atomic E-state index is 0.00132. The zero-order valence-corrected chi connectivity index (χ0v) is 17.5. The van der Waals surface area contributed by atoms with Gasteiger partial charge in [0.15, 0.2) is 0 Å². The van der Waals surface area contributed by atoms with E-state index in [-0.39, 0.29) is 11.9 Å². The Morgan fingerprint density at radius 2 is 1.86 bits per heavy atom. The molecule has 1 amide bonds. The molecule has 154 valence electrons. The molecule has 1 N–H and O–H groups in total. The second-order valence-electron chi connectivity index (χ2n) is 8.08. The van der Waals surface area contributed by atoms with Crippen molar-refractivity contribution in [2.24, 2.45) is 0 Å². The summed E-state index contributed by atoms with van der Waals surface area (Å²) in [5, 5.41) is 3.26. The third kappa shape index (κ3) is 4.56. The van der Waals surface area contributed by atoms with Gasteiger partial charge in [0.1, 0.15) is 5.75 Å². The summed E-state index contributed by atoms with van der Waals surface area (Å²) in [6, 6.07) is 14.3. The van der Waals surface area contributed by atoms with Crippen molar-refractivity contribution < 1.29 is 9.53 Å². The zero-order chi connectivity index (χ0) is 20.2. The van der Waals surface area contributed by atoms with E-state index in [1.54, 1.807) is 0 Å². The van der Waals surface area contributed by atoms with Crippen molar-refractivity contribution >= 4 is 11.6 Å². The molecular weight excluding hydrogens is 362 g/mol. The second kappa shape index (κ2) is 8.87. The summed E-state index contributed by atoms with van der Waals surface area (Å²) in [7, 11) is 2.18. The number of likely N-dealkylation sites (N-methyl/N-ethyl adjacent to an activating group) is 1. The summed E-state index contributed by atoms with van der Waals surface area (Å²) in [6.07, 6.45) is 2.91. The Balaban J connectivity index is 1.44. The van der Waals surface area contributed by atoms with Gasteiger partial charge in [0.25, 0.3) is 5.91 Å². The van der Waals surface area contributed by atoms with Crippen LogP contribution in [-0.4, -0.2) is 56.7 Å². The van der Waals surface area contributed by atoms with Gasteiger partial charge >= 0.3 is 0 Å². The fourth-order valence-electron chi connectivity index (χ4n) is 4.37. The van der Waals surface area contributed by atoms with E-state index in [9.17, 15) is 4.79 Å². The van der Waals surface area contributed by atoms with E-state index in [0.29, 0.717) is 12.2 Å². The minimum Gasteiger partial charge on any atom is -0.494 e. The van der Waals surface area contributed by atoms with Crippen molar-refractivity contribution in [3.63, 3.8) is 0 Å². The zero-order valence-electron chi connectivity index (χ0n) is 17.5. The van der Waals surface area contributed by atoms with Crippen molar-refractivity contribution in [1.82, 2.24) is 10.2 Å². The van der Waals surface area contributed by atoms with Crippen LogP contribution in [0.1, 0.15) is 34.8 Å². The Morgan fingerprint density at radius 3 is 2.59 bits per heavy atom. The van der Waals surface area contributed by atoms with Crippen LogP contribution in [0.5, 0.6) is 5.75 Å². The average Bonchev–Trinajstić information content (AvgIpc) is 2.75. The number of fused-ring (bicyclic) bond motifs is 1. The highest BCUT2D eigenvalue weighted by molar-refractivity contribution is 5.94. The summed E-state index contributed by atoms with van der Waals surface area (Å²) in [5.41, 5.74) is 4.90. The molecule has 1 saturated heterocycles. The number of nitrogens with zero attached hydrogens (tertiary/aromatic N) is 2. The van der Waals surface area contributed by atoms with Gasteiger partial charge in [0.05, 0.1) is 6.61 Å². The van der Waals surface area contributed by atoms with Gasteiger partial charge in [-0.25, -0.2) is 0 Å². The Morgan fingerprint density at radius 1 is 1.10 bits per heavy atom. The third-order valence-electron chi connectivity index (χ3n) is 6.07. The van der Waals surface area contributed by atoms with E-state index in [2.05, 4.69) is 40.4 Å². The number of benzene rings is 2. The number of hydrogen-bond donors (Lipinski definition) is 1. The highest BCUT2D eigenvalue weighted by atomic mass is 16.5. The molecule has 0 spiro atoms. The maximum Gasteiger partial charge on any atom is 0.251 e. The number of nitrogens with one attached hydrogen (secondary N) is 1. The number of carbonyl (C=O) groups excluding carboxylic acids is 1. The lowest BCUT2D eigenvalue weighted by Crippen LogP contribution is -2.45. The van der Waals surface area contributed by atoms with Gasteiger partial charge in [0.2, 0.25) is 0 Å². The Kier molecular flexibility index (Phi) is 6.05. The number of carbonyl (C=O) groups is 1. The summed E-state index contributed by atoms with van der Waals surface area (Å²) in [6.45, 7) is 6.91. The van der Waals surface area contributed by atoms with Crippen LogP contribution in [0.4, 0.5) is 5.69 Å². The van der Waals surface area contributed by atoms with Gasteiger partial charge in [-0.05, 0) is 74.7 Å². The minimum atomic E-state index is -0.00132. The van der Waals surface area contributed by atoms with Gasteiger partial charge in [-0.1, -0.05) is 12.1 Å². The summed E-state index contributed by atoms with van der Waals surface area (Å²) < 4.78 is 5.47. The highest BCUT2D eigenvalue weighted by Crippen LogP contribution is 2.31. The molecule has 5 nitrogen and oxygen atoms in total. The van der Waals surface area contributed by atoms with Crippen LogP contribution in [0.2, 0.25) is 0 Å². The molecular formula is C24H31N3O2. The van der Waals surface area contributed by atoms with Crippen LogP contribution in [0.15, 0.2) is 42.5 Å². The average molecular weight is 394 g/mol. The Hall–Kier alpha value is -2.53.